The lowest BCUT2D eigenvalue weighted by molar-refractivity contribution is -0.254. The van der Waals surface area contributed by atoms with Crippen molar-refractivity contribution in [2.45, 2.75) is 38.5 Å². The van der Waals surface area contributed by atoms with Gasteiger partial charge in [-0.15, -0.1) is 5.06 Å². The lowest BCUT2D eigenvalue weighted by atomic mass is 10.1. The smallest absolute Gasteiger partial charge is 0.433 e. The summed E-state index contributed by atoms with van der Waals surface area (Å²) >= 11 is 0. The third kappa shape index (κ3) is 2.90. The number of hydroxylamine groups is 4. The number of fused-ring (bicyclic) bond motifs is 1. The number of carbonyl (C=O) groups is 1. The van der Waals surface area contributed by atoms with E-state index in [2.05, 4.69) is 0 Å². The Kier molecular flexibility index (Phi) is 4.40. The minimum atomic E-state index is -0.631. The number of ether oxygens (including phenoxy) is 2. The summed E-state index contributed by atoms with van der Waals surface area (Å²) in [5.74, 6) is 0.356. The molecular weight excluding hydrogens is 264 g/mol. The molecule has 3 saturated heterocycles. The zero-order chi connectivity index (χ0) is 13.9. The van der Waals surface area contributed by atoms with Crippen molar-refractivity contribution in [3.05, 3.63) is 0 Å². The molecule has 3 aliphatic rings. The van der Waals surface area contributed by atoms with Crippen LogP contribution in [-0.4, -0.2) is 61.5 Å². The van der Waals surface area contributed by atoms with E-state index in [1.807, 2.05) is 5.06 Å². The Morgan fingerprint density at radius 2 is 2.25 bits per heavy atom. The third-order valence-corrected chi connectivity index (χ3v) is 4.04. The molecule has 3 atom stereocenters. The van der Waals surface area contributed by atoms with Crippen molar-refractivity contribution in [1.82, 2.24) is 10.1 Å². The molecule has 114 valence electrons. The maximum Gasteiger partial charge on any atom is 0.527 e. The molecule has 0 saturated carbocycles. The molecule has 3 aliphatic heterocycles. The van der Waals surface area contributed by atoms with Crippen molar-refractivity contribution in [3.8, 4) is 0 Å². The summed E-state index contributed by atoms with van der Waals surface area (Å²) in [5, 5.41) is 3.64. The van der Waals surface area contributed by atoms with Crippen LogP contribution >= 0.6 is 0 Å². The summed E-state index contributed by atoms with van der Waals surface area (Å²) in [6.45, 7) is 4.87. The van der Waals surface area contributed by atoms with Gasteiger partial charge >= 0.3 is 6.16 Å². The SMILES string of the molecule is CCOC(=O)ON1CC2CON(C3CCCCO3)C2C1. The fourth-order valence-electron chi connectivity index (χ4n) is 3.09. The quantitative estimate of drug-likeness (QED) is 0.721. The van der Waals surface area contributed by atoms with E-state index in [0.717, 1.165) is 19.4 Å². The van der Waals surface area contributed by atoms with E-state index in [1.54, 1.807) is 12.0 Å². The molecule has 0 radical (unpaired) electrons. The Bertz CT molecular complexity index is 348. The first-order valence-corrected chi connectivity index (χ1v) is 7.40. The van der Waals surface area contributed by atoms with Gasteiger partial charge in [0.15, 0.2) is 0 Å². The lowest BCUT2D eigenvalue weighted by Crippen LogP contribution is -2.44. The van der Waals surface area contributed by atoms with Crippen molar-refractivity contribution >= 4 is 6.16 Å². The molecule has 3 heterocycles. The van der Waals surface area contributed by atoms with Crippen molar-refractivity contribution < 1.29 is 23.9 Å². The van der Waals surface area contributed by atoms with Crippen LogP contribution in [0.3, 0.4) is 0 Å². The van der Waals surface area contributed by atoms with Gasteiger partial charge in [-0.25, -0.2) is 4.79 Å². The Morgan fingerprint density at radius 3 is 3.00 bits per heavy atom. The van der Waals surface area contributed by atoms with Crippen LogP contribution in [0.5, 0.6) is 0 Å². The second kappa shape index (κ2) is 6.26. The fourth-order valence-corrected chi connectivity index (χ4v) is 3.09. The van der Waals surface area contributed by atoms with E-state index in [4.69, 9.17) is 19.1 Å². The van der Waals surface area contributed by atoms with E-state index in [1.165, 1.54) is 6.42 Å². The standard InChI is InChI=1S/C13H22N2O5/c1-2-17-13(16)20-14-7-10-9-19-15(11(10)8-14)12-5-3-4-6-18-12/h10-12H,2-9H2,1H3. The number of nitrogens with zero attached hydrogens (tertiary/aromatic N) is 2. The largest absolute Gasteiger partial charge is 0.527 e. The molecule has 3 unspecified atom stereocenters. The minimum Gasteiger partial charge on any atom is -0.433 e. The molecule has 20 heavy (non-hydrogen) atoms. The molecule has 3 rings (SSSR count). The van der Waals surface area contributed by atoms with Gasteiger partial charge in [-0.2, -0.15) is 5.06 Å². The first-order chi connectivity index (χ1) is 9.78. The number of hydrogen-bond acceptors (Lipinski definition) is 7. The van der Waals surface area contributed by atoms with Crippen LogP contribution in [0, 0.1) is 5.92 Å². The maximum absolute atomic E-state index is 11.3. The summed E-state index contributed by atoms with van der Waals surface area (Å²) in [4.78, 5) is 22.3. The Hall–Kier alpha value is -0.890. The van der Waals surface area contributed by atoms with Gasteiger partial charge in [0.1, 0.15) is 6.23 Å². The van der Waals surface area contributed by atoms with E-state index < -0.39 is 6.16 Å². The molecule has 0 amide bonds. The Labute approximate surface area is 118 Å². The predicted octanol–water partition coefficient (Wildman–Crippen LogP) is 1.15. The molecule has 7 nitrogen and oxygen atoms in total. The molecule has 0 aliphatic carbocycles. The molecular formula is C13H22N2O5. The zero-order valence-corrected chi connectivity index (χ0v) is 11.8. The number of hydrogen-bond donors (Lipinski definition) is 0. The Morgan fingerprint density at radius 1 is 1.35 bits per heavy atom. The second-order valence-electron chi connectivity index (χ2n) is 5.43. The molecule has 7 heteroatoms. The number of carbonyl (C=O) groups excluding carboxylic acids is 1. The van der Waals surface area contributed by atoms with E-state index >= 15 is 0 Å². The predicted molar refractivity (Wildman–Crippen MR) is 68.3 cm³/mol. The van der Waals surface area contributed by atoms with Crippen molar-refractivity contribution in [2.24, 2.45) is 5.92 Å². The van der Waals surface area contributed by atoms with Crippen LogP contribution in [0.1, 0.15) is 26.2 Å². The Balaban J connectivity index is 1.53. The van der Waals surface area contributed by atoms with Gasteiger partial charge in [0.05, 0.1) is 25.8 Å². The topological polar surface area (TPSA) is 60.5 Å². The van der Waals surface area contributed by atoms with Crippen LogP contribution in [0.25, 0.3) is 0 Å². The maximum atomic E-state index is 11.3. The van der Waals surface area contributed by atoms with E-state index in [9.17, 15) is 4.79 Å². The average Bonchev–Trinajstić information content (AvgIpc) is 2.99. The first kappa shape index (κ1) is 14.1. The van der Waals surface area contributed by atoms with Gasteiger partial charge in [-0.1, -0.05) is 0 Å². The normalized spacial score (nSPS) is 35.0. The van der Waals surface area contributed by atoms with Gasteiger partial charge in [-0.05, 0) is 26.2 Å². The minimum absolute atomic E-state index is 0.0429. The van der Waals surface area contributed by atoms with E-state index in [-0.39, 0.29) is 12.3 Å². The van der Waals surface area contributed by atoms with Crippen LogP contribution < -0.4 is 0 Å². The molecule has 3 fully saturated rings. The van der Waals surface area contributed by atoms with Gasteiger partial charge in [-0.3, -0.25) is 4.84 Å². The third-order valence-electron chi connectivity index (χ3n) is 4.04. The molecule has 0 N–H and O–H groups in total. The molecule has 0 aromatic rings. The molecule has 0 bridgehead atoms. The van der Waals surface area contributed by atoms with Crippen LogP contribution in [0.2, 0.25) is 0 Å². The van der Waals surface area contributed by atoms with Gasteiger partial charge in [0.25, 0.3) is 0 Å². The molecule has 0 aromatic heterocycles. The highest BCUT2D eigenvalue weighted by Crippen LogP contribution is 2.33. The summed E-state index contributed by atoms with van der Waals surface area (Å²) < 4.78 is 10.6. The summed E-state index contributed by atoms with van der Waals surface area (Å²) in [6.07, 6.45) is 2.71. The van der Waals surface area contributed by atoms with Crippen molar-refractivity contribution in [1.29, 1.82) is 0 Å². The summed E-state index contributed by atoms with van der Waals surface area (Å²) in [6, 6.07) is 0.229. The fraction of sp³-hybridized carbons (Fsp3) is 0.923. The second-order valence-corrected chi connectivity index (χ2v) is 5.43. The molecule has 0 spiro atoms. The van der Waals surface area contributed by atoms with Crippen molar-refractivity contribution in [2.75, 3.05) is 32.9 Å². The van der Waals surface area contributed by atoms with Crippen LogP contribution in [0.4, 0.5) is 4.79 Å². The highest BCUT2D eigenvalue weighted by Gasteiger charge is 2.47. The van der Waals surface area contributed by atoms with Gasteiger partial charge in [0.2, 0.25) is 0 Å². The summed E-state index contributed by atoms with van der Waals surface area (Å²) in [5.41, 5.74) is 0. The van der Waals surface area contributed by atoms with Crippen LogP contribution in [-0.2, 0) is 19.1 Å². The van der Waals surface area contributed by atoms with Crippen molar-refractivity contribution in [3.63, 3.8) is 0 Å². The lowest BCUT2D eigenvalue weighted by Gasteiger charge is -2.33. The van der Waals surface area contributed by atoms with E-state index in [0.29, 0.717) is 32.2 Å². The molecule has 0 aromatic carbocycles. The average molecular weight is 286 g/mol. The highest BCUT2D eigenvalue weighted by atomic mass is 16.8. The monoisotopic (exact) mass is 286 g/mol. The van der Waals surface area contributed by atoms with Gasteiger partial charge < -0.3 is 14.3 Å². The van der Waals surface area contributed by atoms with Gasteiger partial charge in [0, 0.05) is 19.1 Å². The first-order valence-electron chi connectivity index (χ1n) is 7.40. The zero-order valence-electron chi connectivity index (χ0n) is 11.8. The number of rotatable bonds is 3. The summed E-state index contributed by atoms with van der Waals surface area (Å²) in [7, 11) is 0. The highest BCUT2D eigenvalue weighted by molar-refractivity contribution is 5.59. The van der Waals surface area contributed by atoms with Crippen LogP contribution in [0.15, 0.2) is 0 Å².